The molecule has 0 radical (unpaired) electrons. The third kappa shape index (κ3) is 2.31. The van der Waals surface area contributed by atoms with Crippen LogP contribution in [0.25, 0.3) is 10.2 Å². The van der Waals surface area contributed by atoms with Crippen molar-refractivity contribution in [3.63, 3.8) is 0 Å². The van der Waals surface area contributed by atoms with E-state index >= 15 is 0 Å². The molecule has 0 saturated heterocycles. The summed E-state index contributed by atoms with van der Waals surface area (Å²) in [6.07, 6.45) is -1.35. The van der Waals surface area contributed by atoms with E-state index in [9.17, 15) is 13.6 Å². The SMILES string of the molecule is O=C(O)c1csc2c(NCC(F)F)ncnc12. The molecule has 0 unspecified atom stereocenters. The summed E-state index contributed by atoms with van der Waals surface area (Å²) in [5, 5.41) is 12.8. The van der Waals surface area contributed by atoms with E-state index in [0.29, 0.717) is 4.70 Å². The normalized spacial score (nSPS) is 11.0. The molecule has 2 heterocycles. The van der Waals surface area contributed by atoms with Crippen LogP contribution in [-0.4, -0.2) is 34.0 Å². The lowest BCUT2D eigenvalue weighted by Gasteiger charge is -2.04. The van der Waals surface area contributed by atoms with Gasteiger partial charge in [-0.15, -0.1) is 11.3 Å². The molecule has 2 rings (SSSR count). The number of nitrogens with one attached hydrogen (secondary N) is 1. The van der Waals surface area contributed by atoms with Gasteiger partial charge in [0.25, 0.3) is 6.43 Å². The van der Waals surface area contributed by atoms with Crippen molar-refractivity contribution in [3.8, 4) is 0 Å². The number of fused-ring (bicyclic) bond motifs is 1. The van der Waals surface area contributed by atoms with Gasteiger partial charge in [0.2, 0.25) is 0 Å². The molecule has 0 aliphatic rings. The summed E-state index contributed by atoms with van der Waals surface area (Å²) in [5.41, 5.74) is 0.307. The number of rotatable bonds is 4. The predicted octanol–water partition coefficient (Wildman–Crippen LogP) is 2.07. The Morgan fingerprint density at radius 3 is 2.94 bits per heavy atom. The van der Waals surface area contributed by atoms with E-state index in [1.54, 1.807) is 0 Å². The standard InChI is InChI=1S/C9H7F2N3O2S/c10-5(11)1-12-8-7-6(13-3-14-8)4(2-17-7)9(15)16/h2-3,5H,1H2,(H,15,16)(H,12,13,14). The van der Waals surface area contributed by atoms with Crippen LogP contribution in [0.3, 0.4) is 0 Å². The number of carboxylic acids is 1. The summed E-state index contributed by atoms with van der Waals surface area (Å²) in [6, 6.07) is 0. The molecule has 0 amide bonds. The lowest BCUT2D eigenvalue weighted by molar-refractivity contribution is 0.0699. The van der Waals surface area contributed by atoms with E-state index in [1.807, 2.05) is 0 Å². The molecule has 2 N–H and O–H groups in total. The molecule has 0 bridgehead atoms. The van der Waals surface area contributed by atoms with Crippen LogP contribution in [0.4, 0.5) is 14.6 Å². The lowest BCUT2D eigenvalue weighted by Crippen LogP contribution is -2.11. The van der Waals surface area contributed by atoms with Crippen LogP contribution in [0.15, 0.2) is 11.7 Å². The molecule has 0 saturated carbocycles. The molecule has 8 heteroatoms. The molecule has 2 aromatic heterocycles. The Morgan fingerprint density at radius 2 is 2.29 bits per heavy atom. The fraction of sp³-hybridized carbons (Fsp3) is 0.222. The number of alkyl halides is 2. The smallest absolute Gasteiger partial charge is 0.338 e. The zero-order valence-corrected chi connectivity index (χ0v) is 9.17. The van der Waals surface area contributed by atoms with Gasteiger partial charge in [-0.2, -0.15) is 0 Å². The van der Waals surface area contributed by atoms with Crippen LogP contribution in [0.2, 0.25) is 0 Å². The molecule has 17 heavy (non-hydrogen) atoms. The maximum atomic E-state index is 12.1. The molecule has 0 spiro atoms. The third-order valence-corrected chi connectivity index (χ3v) is 2.98. The second kappa shape index (κ2) is 4.58. The van der Waals surface area contributed by atoms with Gasteiger partial charge in [0.05, 0.1) is 16.8 Å². The van der Waals surface area contributed by atoms with Gasteiger partial charge in [-0.3, -0.25) is 0 Å². The molecule has 0 aromatic carbocycles. The molecular formula is C9H7F2N3O2S. The highest BCUT2D eigenvalue weighted by Crippen LogP contribution is 2.29. The van der Waals surface area contributed by atoms with E-state index in [2.05, 4.69) is 15.3 Å². The lowest BCUT2D eigenvalue weighted by atomic mass is 10.3. The molecule has 2 aromatic rings. The van der Waals surface area contributed by atoms with E-state index in [4.69, 9.17) is 5.11 Å². The Balaban J connectivity index is 2.41. The van der Waals surface area contributed by atoms with Gasteiger partial charge in [0, 0.05) is 5.38 Å². The van der Waals surface area contributed by atoms with Crippen molar-refractivity contribution in [2.45, 2.75) is 6.43 Å². The minimum atomic E-state index is -2.50. The minimum absolute atomic E-state index is 0.0486. The summed E-state index contributed by atoms with van der Waals surface area (Å²) in [6.45, 7) is -0.535. The van der Waals surface area contributed by atoms with Gasteiger partial charge in [-0.25, -0.2) is 23.5 Å². The maximum absolute atomic E-state index is 12.1. The number of anilines is 1. The Bertz CT molecular complexity index is 558. The van der Waals surface area contributed by atoms with Gasteiger partial charge in [-0.05, 0) is 0 Å². The largest absolute Gasteiger partial charge is 0.478 e. The first-order valence-electron chi connectivity index (χ1n) is 4.57. The molecule has 90 valence electrons. The number of carbonyl (C=O) groups is 1. The van der Waals surface area contributed by atoms with Crippen molar-refractivity contribution in [1.82, 2.24) is 9.97 Å². The first kappa shape index (κ1) is 11.6. The van der Waals surface area contributed by atoms with E-state index in [0.717, 1.165) is 17.7 Å². The van der Waals surface area contributed by atoms with Crippen LogP contribution in [-0.2, 0) is 0 Å². The second-order valence-corrected chi connectivity index (χ2v) is 4.01. The van der Waals surface area contributed by atoms with Gasteiger partial charge < -0.3 is 10.4 Å². The maximum Gasteiger partial charge on any atom is 0.338 e. The Morgan fingerprint density at radius 1 is 1.53 bits per heavy atom. The van der Waals surface area contributed by atoms with Gasteiger partial charge in [0.15, 0.2) is 0 Å². The zero-order chi connectivity index (χ0) is 12.4. The Hall–Kier alpha value is -1.83. The second-order valence-electron chi connectivity index (χ2n) is 3.13. The topological polar surface area (TPSA) is 75.1 Å². The highest BCUT2D eigenvalue weighted by atomic mass is 32.1. The first-order valence-corrected chi connectivity index (χ1v) is 5.45. The monoisotopic (exact) mass is 259 g/mol. The summed E-state index contributed by atoms with van der Waals surface area (Å²) in [5.74, 6) is -0.873. The van der Waals surface area contributed by atoms with Crippen LogP contribution >= 0.6 is 11.3 Å². The third-order valence-electron chi connectivity index (χ3n) is 2.01. The number of hydrogen-bond donors (Lipinski definition) is 2. The molecule has 0 aliphatic heterocycles. The first-order chi connectivity index (χ1) is 8.09. The summed E-state index contributed by atoms with van der Waals surface area (Å²) in [7, 11) is 0. The molecule has 5 nitrogen and oxygen atoms in total. The number of carboxylic acid groups (broad SMARTS) is 1. The van der Waals surface area contributed by atoms with E-state index < -0.39 is 18.9 Å². The summed E-state index contributed by atoms with van der Waals surface area (Å²) < 4.78 is 24.6. The fourth-order valence-electron chi connectivity index (χ4n) is 1.30. The quantitative estimate of drug-likeness (QED) is 0.879. The fourth-order valence-corrected chi connectivity index (χ4v) is 2.26. The average Bonchev–Trinajstić information content (AvgIpc) is 2.70. The van der Waals surface area contributed by atoms with Crippen molar-refractivity contribution < 1.29 is 18.7 Å². The minimum Gasteiger partial charge on any atom is -0.478 e. The predicted molar refractivity (Wildman–Crippen MR) is 58.9 cm³/mol. The van der Waals surface area contributed by atoms with Crippen molar-refractivity contribution in [1.29, 1.82) is 0 Å². The Labute approximate surface area is 98.1 Å². The van der Waals surface area contributed by atoms with Gasteiger partial charge >= 0.3 is 5.97 Å². The molecular weight excluding hydrogens is 252 g/mol. The number of aromatic nitrogens is 2. The zero-order valence-electron chi connectivity index (χ0n) is 8.35. The van der Waals surface area contributed by atoms with E-state index in [-0.39, 0.29) is 16.9 Å². The van der Waals surface area contributed by atoms with Crippen molar-refractivity contribution in [3.05, 3.63) is 17.3 Å². The van der Waals surface area contributed by atoms with Crippen LogP contribution in [0.5, 0.6) is 0 Å². The number of hydrogen-bond acceptors (Lipinski definition) is 5. The number of aromatic carboxylic acids is 1. The molecule has 0 aliphatic carbocycles. The van der Waals surface area contributed by atoms with Gasteiger partial charge in [0.1, 0.15) is 17.7 Å². The summed E-state index contributed by atoms with van der Waals surface area (Å²) in [4.78, 5) is 18.5. The van der Waals surface area contributed by atoms with Crippen LogP contribution in [0, 0.1) is 0 Å². The van der Waals surface area contributed by atoms with Crippen LogP contribution < -0.4 is 5.32 Å². The molecule has 0 fully saturated rings. The number of nitrogens with zero attached hydrogens (tertiary/aromatic N) is 2. The number of halogens is 2. The molecule has 0 atom stereocenters. The van der Waals surface area contributed by atoms with Crippen molar-refractivity contribution >= 4 is 33.3 Å². The summed E-state index contributed by atoms with van der Waals surface area (Å²) >= 11 is 1.11. The highest BCUT2D eigenvalue weighted by molar-refractivity contribution is 7.18. The average molecular weight is 259 g/mol. The Kier molecular flexibility index (Phi) is 3.14. The highest BCUT2D eigenvalue weighted by Gasteiger charge is 2.15. The van der Waals surface area contributed by atoms with E-state index in [1.165, 1.54) is 5.38 Å². The van der Waals surface area contributed by atoms with Crippen LogP contribution in [0.1, 0.15) is 10.4 Å². The van der Waals surface area contributed by atoms with Crippen molar-refractivity contribution in [2.24, 2.45) is 0 Å². The number of thiophene rings is 1. The van der Waals surface area contributed by atoms with Gasteiger partial charge in [-0.1, -0.05) is 0 Å². The van der Waals surface area contributed by atoms with Crippen molar-refractivity contribution in [2.75, 3.05) is 11.9 Å².